The van der Waals surface area contributed by atoms with Crippen LogP contribution in [0.1, 0.15) is 30.3 Å². The summed E-state index contributed by atoms with van der Waals surface area (Å²) in [5.41, 5.74) is 0.563. The fourth-order valence-corrected chi connectivity index (χ4v) is 3.20. The van der Waals surface area contributed by atoms with Gasteiger partial charge >= 0.3 is 5.97 Å². The van der Waals surface area contributed by atoms with Crippen molar-refractivity contribution in [3.8, 4) is 0 Å². The minimum absolute atomic E-state index is 0.0980. The van der Waals surface area contributed by atoms with Crippen molar-refractivity contribution in [3.63, 3.8) is 0 Å². The first kappa shape index (κ1) is 14.0. The van der Waals surface area contributed by atoms with E-state index in [0.29, 0.717) is 10.8 Å². The van der Waals surface area contributed by atoms with E-state index in [1.807, 2.05) is 0 Å². The molecule has 0 unspecified atom stereocenters. The Labute approximate surface area is 115 Å². The van der Waals surface area contributed by atoms with Gasteiger partial charge in [0.2, 0.25) is 5.91 Å². The van der Waals surface area contributed by atoms with E-state index in [0.717, 1.165) is 24.5 Å². The number of aliphatic carboxylic acids is 1. The van der Waals surface area contributed by atoms with E-state index in [1.165, 1.54) is 31.1 Å². The van der Waals surface area contributed by atoms with Gasteiger partial charge in [0.1, 0.15) is 0 Å². The number of nitrogens with one attached hydrogen (secondary N) is 1. The van der Waals surface area contributed by atoms with Crippen LogP contribution in [0.25, 0.3) is 0 Å². The summed E-state index contributed by atoms with van der Waals surface area (Å²) in [4.78, 5) is 29.3. The highest BCUT2D eigenvalue weighted by molar-refractivity contribution is 7.15. The zero-order chi connectivity index (χ0) is 13.8. The molecule has 1 amide bonds. The van der Waals surface area contributed by atoms with Crippen LogP contribution in [0.4, 0.5) is 5.13 Å². The van der Waals surface area contributed by atoms with E-state index < -0.39 is 5.97 Å². The van der Waals surface area contributed by atoms with Gasteiger partial charge in [-0.15, -0.1) is 11.3 Å². The standard InChI is InChI=1S/C12H17N3O3S/c1-8(16)13-12-14-9(6-11(17)18)10(19-12)7-15-4-2-3-5-15/h2-7H2,1H3,(H,17,18)(H,13,14,16). The molecule has 1 aromatic heterocycles. The van der Waals surface area contributed by atoms with Crippen molar-refractivity contribution >= 4 is 28.3 Å². The number of nitrogens with zero attached hydrogens (tertiary/aromatic N) is 2. The number of carbonyl (C=O) groups is 2. The van der Waals surface area contributed by atoms with Gasteiger partial charge in [-0.3, -0.25) is 14.5 Å². The SMILES string of the molecule is CC(=O)Nc1nc(CC(=O)O)c(CN2CCCC2)s1. The molecular weight excluding hydrogens is 266 g/mol. The first-order chi connectivity index (χ1) is 9.04. The number of carbonyl (C=O) groups excluding carboxylic acids is 1. The van der Waals surface area contributed by atoms with Crippen molar-refractivity contribution in [2.24, 2.45) is 0 Å². The third-order valence-electron chi connectivity index (χ3n) is 2.95. The summed E-state index contributed by atoms with van der Waals surface area (Å²) in [7, 11) is 0. The highest BCUT2D eigenvalue weighted by atomic mass is 32.1. The zero-order valence-corrected chi connectivity index (χ0v) is 11.6. The summed E-state index contributed by atoms with van der Waals surface area (Å²) in [5.74, 6) is -1.09. The molecule has 1 aliphatic heterocycles. The predicted molar refractivity (Wildman–Crippen MR) is 72.3 cm³/mol. The minimum atomic E-state index is -0.901. The fraction of sp³-hybridized carbons (Fsp3) is 0.583. The molecule has 0 bridgehead atoms. The van der Waals surface area contributed by atoms with E-state index in [2.05, 4.69) is 15.2 Å². The number of anilines is 1. The highest BCUT2D eigenvalue weighted by Gasteiger charge is 2.19. The van der Waals surface area contributed by atoms with Crippen LogP contribution in [0.2, 0.25) is 0 Å². The molecule has 2 rings (SSSR count). The van der Waals surface area contributed by atoms with Gasteiger partial charge in [0.25, 0.3) is 0 Å². The lowest BCUT2D eigenvalue weighted by atomic mass is 10.2. The normalized spacial score (nSPS) is 15.6. The number of hydrogen-bond donors (Lipinski definition) is 2. The summed E-state index contributed by atoms with van der Waals surface area (Å²) in [5, 5.41) is 12.0. The Morgan fingerprint density at radius 3 is 2.68 bits per heavy atom. The minimum Gasteiger partial charge on any atom is -0.481 e. The Hall–Kier alpha value is -1.47. The second-order valence-electron chi connectivity index (χ2n) is 4.62. The van der Waals surface area contributed by atoms with Gasteiger partial charge in [-0.05, 0) is 25.9 Å². The molecule has 0 atom stereocenters. The molecule has 0 spiro atoms. The average molecular weight is 283 g/mol. The van der Waals surface area contributed by atoms with Crippen LogP contribution in [0.5, 0.6) is 0 Å². The number of rotatable bonds is 5. The summed E-state index contributed by atoms with van der Waals surface area (Å²) >= 11 is 1.37. The molecule has 1 fully saturated rings. The van der Waals surface area contributed by atoms with Crippen molar-refractivity contribution in [3.05, 3.63) is 10.6 Å². The molecule has 2 N–H and O–H groups in total. The third-order valence-corrected chi connectivity index (χ3v) is 3.94. The lowest BCUT2D eigenvalue weighted by Crippen LogP contribution is -2.19. The maximum Gasteiger partial charge on any atom is 0.309 e. The van der Waals surface area contributed by atoms with Crippen LogP contribution in [-0.4, -0.2) is 40.0 Å². The van der Waals surface area contributed by atoms with Gasteiger partial charge in [-0.2, -0.15) is 0 Å². The summed E-state index contributed by atoms with van der Waals surface area (Å²) in [6.45, 7) is 4.22. The average Bonchev–Trinajstić information content (AvgIpc) is 2.89. The van der Waals surface area contributed by atoms with Crippen molar-refractivity contribution in [2.45, 2.75) is 32.7 Å². The number of likely N-dealkylation sites (tertiary alicyclic amines) is 1. The molecule has 0 saturated carbocycles. The second kappa shape index (κ2) is 6.12. The predicted octanol–water partition coefficient (Wildman–Crippen LogP) is 1.32. The Kier molecular flexibility index (Phi) is 4.49. The zero-order valence-electron chi connectivity index (χ0n) is 10.8. The van der Waals surface area contributed by atoms with Crippen molar-refractivity contribution in [2.75, 3.05) is 18.4 Å². The maximum atomic E-state index is 11.0. The molecule has 0 aromatic carbocycles. The van der Waals surface area contributed by atoms with E-state index in [4.69, 9.17) is 5.11 Å². The van der Waals surface area contributed by atoms with Crippen LogP contribution in [-0.2, 0) is 22.6 Å². The molecule has 1 aliphatic rings. The third kappa shape index (κ3) is 4.00. The largest absolute Gasteiger partial charge is 0.481 e. The first-order valence-corrected chi connectivity index (χ1v) is 7.06. The van der Waals surface area contributed by atoms with Gasteiger partial charge in [0, 0.05) is 18.3 Å². The summed E-state index contributed by atoms with van der Waals surface area (Å²) < 4.78 is 0. The Balaban J connectivity index is 2.14. The van der Waals surface area contributed by atoms with Gasteiger partial charge in [-0.1, -0.05) is 0 Å². The quantitative estimate of drug-likeness (QED) is 0.851. The van der Waals surface area contributed by atoms with Crippen molar-refractivity contribution < 1.29 is 14.7 Å². The molecule has 19 heavy (non-hydrogen) atoms. The van der Waals surface area contributed by atoms with Gasteiger partial charge < -0.3 is 10.4 Å². The second-order valence-corrected chi connectivity index (χ2v) is 5.71. The number of carboxylic acid groups (broad SMARTS) is 1. The number of aromatic nitrogens is 1. The van der Waals surface area contributed by atoms with Crippen LogP contribution in [0.3, 0.4) is 0 Å². The van der Waals surface area contributed by atoms with E-state index >= 15 is 0 Å². The van der Waals surface area contributed by atoms with Crippen molar-refractivity contribution in [1.82, 2.24) is 9.88 Å². The fourth-order valence-electron chi connectivity index (χ4n) is 2.14. The van der Waals surface area contributed by atoms with Crippen molar-refractivity contribution in [1.29, 1.82) is 0 Å². The highest BCUT2D eigenvalue weighted by Crippen LogP contribution is 2.26. The number of amides is 1. The Morgan fingerprint density at radius 1 is 1.42 bits per heavy atom. The molecular formula is C12H17N3O3S. The molecule has 0 radical (unpaired) electrons. The topological polar surface area (TPSA) is 82.5 Å². The van der Waals surface area contributed by atoms with Crippen LogP contribution >= 0.6 is 11.3 Å². The maximum absolute atomic E-state index is 11.0. The number of hydrogen-bond acceptors (Lipinski definition) is 5. The van der Waals surface area contributed by atoms with E-state index in [1.54, 1.807) is 0 Å². The van der Waals surface area contributed by atoms with Crippen LogP contribution in [0.15, 0.2) is 0 Å². The molecule has 0 aliphatic carbocycles. The Morgan fingerprint density at radius 2 is 2.11 bits per heavy atom. The first-order valence-electron chi connectivity index (χ1n) is 6.25. The van der Waals surface area contributed by atoms with Gasteiger partial charge in [0.05, 0.1) is 12.1 Å². The summed E-state index contributed by atoms with van der Waals surface area (Å²) in [6.07, 6.45) is 2.27. The smallest absolute Gasteiger partial charge is 0.309 e. The molecule has 1 saturated heterocycles. The summed E-state index contributed by atoms with van der Waals surface area (Å²) in [6, 6.07) is 0. The Bertz CT molecular complexity index is 481. The van der Waals surface area contributed by atoms with E-state index in [9.17, 15) is 9.59 Å². The van der Waals surface area contributed by atoms with Crippen LogP contribution < -0.4 is 5.32 Å². The molecule has 1 aromatic rings. The molecule has 2 heterocycles. The van der Waals surface area contributed by atoms with E-state index in [-0.39, 0.29) is 12.3 Å². The molecule has 6 nitrogen and oxygen atoms in total. The molecule has 104 valence electrons. The lowest BCUT2D eigenvalue weighted by Gasteiger charge is -2.13. The van der Waals surface area contributed by atoms with Gasteiger partial charge in [-0.25, -0.2) is 4.98 Å². The van der Waals surface area contributed by atoms with Gasteiger partial charge in [0.15, 0.2) is 5.13 Å². The number of thiazole rings is 1. The monoisotopic (exact) mass is 283 g/mol. The lowest BCUT2D eigenvalue weighted by molar-refractivity contribution is -0.136. The number of carboxylic acids is 1. The van der Waals surface area contributed by atoms with Crippen LogP contribution in [0, 0.1) is 0 Å². The molecule has 7 heteroatoms.